The number of halogens is 1. The van der Waals surface area contributed by atoms with Gasteiger partial charge in [-0.25, -0.2) is 9.67 Å². The van der Waals surface area contributed by atoms with Crippen LogP contribution < -0.4 is 4.74 Å². The van der Waals surface area contributed by atoms with Gasteiger partial charge in [0.1, 0.15) is 12.1 Å². The van der Waals surface area contributed by atoms with Crippen molar-refractivity contribution < 1.29 is 9.53 Å². The summed E-state index contributed by atoms with van der Waals surface area (Å²) < 4.78 is 6.78. The second-order valence-electron chi connectivity index (χ2n) is 3.98. The summed E-state index contributed by atoms with van der Waals surface area (Å²) in [5, 5.41) is 4.56. The van der Waals surface area contributed by atoms with Gasteiger partial charge in [-0.15, -0.1) is 0 Å². The van der Waals surface area contributed by atoms with Crippen LogP contribution in [0.2, 0.25) is 5.02 Å². The molecular formula is C13H14ClN3O2. The van der Waals surface area contributed by atoms with E-state index in [9.17, 15) is 4.79 Å². The fraction of sp³-hybridized carbons (Fsp3) is 0.308. The number of methoxy groups -OCH3 is 1. The predicted molar refractivity (Wildman–Crippen MR) is 71.7 cm³/mol. The first-order valence-electron chi connectivity index (χ1n) is 5.93. The third-order valence-corrected chi connectivity index (χ3v) is 2.90. The Labute approximate surface area is 116 Å². The molecule has 1 aromatic carbocycles. The van der Waals surface area contributed by atoms with Gasteiger partial charge in [0.05, 0.1) is 12.7 Å². The summed E-state index contributed by atoms with van der Waals surface area (Å²) in [5.41, 5.74) is 0.428. The number of aryl methyl sites for hydroxylation is 1. The molecule has 0 radical (unpaired) electrons. The zero-order valence-electron chi connectivity index (χ0n) is 10.8. The highest BCUT2D eigenvalue weighted by Crippen LogP contribution is 2.25. The Morgan fingerprint density at radius 2 is 2.26 bits per heavy atom. The minimum atomic E-state index is -0.223. The van der Waals surface area contributed by atoms with Gasteiger partial charge < -0.3 is 4.74 Å². The fourth-order valence-electron chi connectivity index (χ4n) is 1.79. The van der Waals surface area contributed by atoms with E-state index < -0.39 is 0 Å². The third-order valence-electron chi connectivity index (χ3n) is 2.66. The second kappa shape index (κ2) is 5.84. The Hall–Kier alpha value is -1.88. The average molecular weight is 280 g/mol. The van der Waals surface area contributed by atoms with Crippen molar-refractivity contribution >= 4 is 17.4 Å². The number of benzene rings is 1. The summed E-state index contributed by atoms with van der Waals surface area (Å²) in [6, 6.07) is 4.89. The molecule has 6 heteroatoms. The van der Waals surface area contributed by atoms with Crippen LogP contribution in [0.15, 0.2) is 24.5 Å². The molecule has 0 amide bonds. The predicted octanol–water partition coefficient (Wildman–Crippen LogP) is 2.58. The van der Waals surface area contributed by atoms with E-state index in [0.29, 0.717) is 28.7 Å². The van der Waals surface area contributed by atoms with Gasteiger partial charge in [-0.3, -0.25) is 4.79 Å². The van der Waals surface area contributed by atoms with Crippen LogP contribution in [0.25, 0.3) is 0 Å². The van der Waals surface area contributed by atoms with Crippen LogP contribution in [0.4, 0.5) is 0 Å². The molecule has 2 rings (SSSR count). The molecule has 0 spiro atoms. The van der Waals surface area contributed by atoms with Crippen LogP contribution in [0.3, 0.4) is 0 Å². The van der Waals surface area contributed by atoms with Gasteiger partial charge in [-0.05, 0) is 24.6 Å². The number of hydrogen-bond acceptors (Lipinski definition) is 4. The smallest absolute Gasteiger partial charge is 0.233 e. The molecule has 19 heavy (non-hydrogen) atoms. The molecular weight excluding hydrogens is 266 g/mol. The first-order valence-corrected chi connectivity index (χ1v) is 6.31. The zero-order valence-corrected chi connectivity index (χ0v) is 11.5. The highest BCUT2D eigenvalue weighted by atomic mass is 35.5. The lowest BCUT2D eigenvalue weighted by Crippen LogP contribution is -2.13. The van der Waals surface area contributed by atoms with Crippen molar-refractivity contribution in [3.05, 3.63) is 40.9 Å². The molecule has 1 heterocycles. The van der Waals surface area contributed by atoms with E-state index in [2.05, 4.69) is 10.1 Å². The van der Waals surface area contributed by atoms with E-state index in [1.165, 1.54) is 13.4 Å². The zero-order chi connectivity index (χ0) is 13.8. The molecule has 0 unspecified atom stereocenters. The Kier molecular flexibility index (Phi) is 4.16. The molecule has 1 aromatic heterocycles. The number of carbonyl (C=O) groups excluding carboxylic acids is 1. The second-order valence-corrected chi connectivity index (χ2v) is 4.42. The van der Waals surface area contributed by atoms with Gasteiger partial charge in [0.25, 0.3) is 0 Å². The van der Waals surface area contributed by atoms with Crippen molar-refractivity contribution in [1.82, 2.24) is 14.8 Å². The molecule has 100 valence electrons. The van der Waals surface area contributed by atoms with Gasteiger partial charge in [-0.2, -0.15) is 5.10 Å². The molecule has 0 saturated heterocycles. The number of rotatable bonds is 5. The molecule has 0 N–H and O–H groups in total. The SMILES string of the molecule is CCCn1ncnc1C(=O)c1ccc(Cl)cc1OC. The Balaban J connectivity index is 2.41. The lowest BCUT2D eigenvalue weighted by molar-refractivity contribution is 0.102. The van der Waals surface area contributed by atoms with Gasteiger partial charge >= 0.3 is 0 Å². The van der Waals surface area contributed by atoms with Crippen LogP contribution in [0, 0.1) is 0 Å². The van der Waals surface area contributed by atoms with Gasteiger partial charge in [0.2, 0.25) is 5.78 Å². The molecule has 2 aromatic rings. The molecule has 0 bridgehead atoms. The largest absolute Gasteiger partial charge is 0.496 e. The highest BCUT2D eigenvalue weighted by Gasteiger charge is 2.19. The number of aromatic nitrogens is 3. The van der Waals surface area contributed by atoms with Crippen molar-refractivity contribution in [1.29, 1.82) is 0 Å². The number of nitrogens with zero attached hydrogens (tertiary/aromatic N) is 3. The van der Waals surface area contributed by atoms with Gasteiger partial charge in [0.15, 0.2) is 5.82 Å². The first-order chi connectivity index (χ1) is 9.17. The quantitative estimate of drug-likeness (QED) is 0.790. The lowest BCUT2D eigenvalue weighted by atomic mass is 10.1. The maximum atomic E-state index is 12.4. The first kappa shape index (κ1) is 13.5. The standard InChI is InChI=1S/C13H14ClN3O2/c1-3-6-17-13(15-8-16-17)12(18)10-5-4-9(14)7-11(10)19-2/h4-5,7-8H,3,6H2,1-2H3. The summed E-state index contributed by atoms with van der Waals surface area (Å²) >= 11 is 5.88. The van der Waals surface area contributed by atoms with Crippen LogP contribution in [0.5, 0.6) is 5.75 Å². The lowest BCUT2D eigenvalue weighted by Gasteiger charge is -2.08. The van der Waals surface area contributed by atoms with Crippen molar-refractivity contribution in [2.24, 2.45) is 0 Å². The molecule has 0 atom stereocenters. The van der Waals surface area contributed by atoms with E-state index >= 15 is 0 Å². The minimum Gasteiger partial charge on any atom is -0.496 e. The van der Waals surface area contributed by atoms with E-state index in [1.54, 1.807) is 22.9 Å². The third kappa shape index (κ3) is 2.76. The average Bonchev–Trinajstić information content (AvgIpc) is 2.86. The maximum Gasteiger partial charge on any atom is 0.233 e. The Morgan fingerprint density at radius 3 is 2.95 bits per heavy atom. The van der Waals surface area contributed by atoms with E-state index in [4.69, 9.17) is 16.3 Å². The number of ether oxygens (including phenoxy) is 1. The van der Waals surface area contributed by atoms with Crippen LogP contribution in [-0.4, -0.2) is 27.7 Å². The molecule has 0 aliphatic carbocycles. The topological polar surface area (TPSA) is 57.0 Å². The van der Waals surface area contributed by atoms with Crippen molar-refractivity contribution in [2.75, 3.05) is 7.11 Å². The van der Waals surface area contributed by atoms with E-state index in [1.807, 2.05) is 6.92 Å². The highest BCUT2D eigenvalue weighted by molar-refractivity contribution is 6.31. The number of ketones is 1. The van der Waals surface area contributed by atoms with Crippen LogP contribution >= 0.6 is 11.6 Å². The monoisotopic (exact) mass is 279 g/mol. The molecule has 0 aliphatic rings. The Morgan fingerprint density at radius 1 is 1.47 bits per heavy atom. The summed E-state index contributed by atoms with van der Waals surface area (Å²) in [6.07, 6.45) is 2.26. The van der Waals surface area contributed by atoms with E-state index in [0.717, 1.165) is 6.42 Å². The summed E-state index contributed by atoms with van der Waals surface area (Å²) in [6.45, 7) is 2.66. The number of hydrogen-bond donors (Lipinski definition) is 0. The van der Waals surface area contributed by atoms with E-state index in [-0.39, 0.29) is 5.78 Å². The summed E-state index contributed by atoms with van der Waals surface area (Å²) in [5.74, 6) is 0.519. The van der Waals surface area contributed by atoms with Crippen LogP contribution in [0.1, 0.15) is 29.5 Å². The van der Waals surface area contributed by atoms with Crippen molar-refractivity contribution in [3.8, 4) is 5.75 Å². The molecule has 5 nitrogen and oxygen atoms in total. The molecule has 0 aliphatic heterocycles. The summed E-state index contributed by atoms with van der Waals surface area (Å²) in [4.78, 5) is 16.5. The van der Waals surface area contributed by atoms with Crippen molar-refractivity contribution in [2.45, 2.75) is 19.9 Å². The molecule has 0 fully saturated rings. The van der Waals surface area contributed by atoms with Crippen molar-refractivity contribution in [3.63, 3.8) is 0 Å². The Bertz CT molecular complexity index is 595. The van der Waals surface area contributed by atoms with Gasteiger partial charge in [-0.1, -0.05) is 18.5 Å². The summed E-state index contributed by atoms with van der Waals surface area (Å²) in [7, 11) is 1.50. The normalized spacial score (nSPS) is 10.5. The fourth-order valence-corrected chi connectivity index (χ4v) is 1.95. The minimum absolute atomic E-state index is 0.223. The van der Waals surface area contributed by atoms with Crippen LogP contribution in [-0.2, 0) is 6.54 Å². The van der Waals surface area contributed by atoms with Gasteiger partial charge in [0, 0.05) is 11.6 Å². The molecule has 0 saturated carbocycles. The maximum absolute atomic E-state index is 12.4. The number of carbonyl (C=O) groups is 1.